The highest BCUT2D eigenvalue weighted by molar-refractivity contribution is 5.49. The average molecular weight is 247 g/mol. The average Bonchev–Trinajstić information content (AvgIpc) is 2.85. The maximum Gasteiger partial charge on any atom is 0.134 e. The molecule has 0 saturated carbocycles. The number of aromatic nitrogens is 2. The number of nitrogens with zero attached hydrogens (tertiary/aromatic N) is 4. The summed E-state index contributed by atoms with van der Waals surface area (Å²) in [5.41, 5.74) is 0. The summed E-state index contributed by atoms with van der Waals surface area (Å²) in [5.74, 6) is 2.82. The molecule has 1 atom stereocenters. The molecule has 0 bridgehead atoms. The summed E-state index contributed by atoms with van der Waals surface area (Å²) in [5, 5.41) is 3.11. The number of aryl methyl sites for hydroxylation is 1. The SMILES string of the molecule is CNc1cc(N2CCN3CCCC3C2)nc(C)n1. The van der Waals surface area contributed by atoms with Gasteiger partial charge in [0.1, 0.15) is 17.5 Å². The first-order valence-electron chi connectivity index (χ1n) is 6.78. The molecule has 5 nitrogen and oxygen atoms in total. The van der Waals surface area contributed by atoms with Crippen LogP contribution in [0.3, 0.4) is 0 Å². The van der Waals surface area contributed by atoms with E-state index in [-0.39, 0.29) is 0 Å². The van der Waals surface area contributed by atoms with Gasteiger partial charge in [-0.2, -0.15) is 0 Å². The molecule has 2 fully saturated rings. The second kappa shape index (κ2) is 4.72. The van der Waals surface area contributed by atoms with Crippen molar-refractivity contribution in [2.24, 2.45) is 0 Å². The summed E-state index contributed by atoms with van der Waals surface area (Å²) >= 11 is 0. The van der Waals surface area contributed by atoms with E-state index in [0.717, 1.165) is 36.6 Å². The highest BCUT2D eigenvalue weighted by Crippen LogP contribution is 2.25. The summed E-state index contributed by atoms with van der Waals surface area (Å²) in [6, 6.07) is 2.78. The Labute approximate surface area is 108 Å². The zero-order chi connectivity index (χ0) is 12.5. The lowest BCUT2D eigenvalue weighted by Gasteiger charge is -2.38. The van der Waals surface area contributed by atoms with Crippen LogP contribution in [-0.2, 0) is 0 Å². The van der Waals surface area contributed by atoms with Gasteiger partial charge in [-0.05, 0) is 26.3 Å². The molecule has 1 unspecified atom stereocenters. The molecular formula is C13H21N5. The van der Waals surface area contributed by atoms with Crippen LogP contribution in [0.25, 0.3) is 0 Å². The number of hydrogen-bond acceptors (Lipinski definition) is 5. The van der Waals surface area contributed by atoms with Gasteiger partial charge in [0.15, 0.2) is 0 Å². The molecule has 0 aromatic carbocycles. The zero-order valence-electron chi connectivity index (χ0n) is 11.2. The van der Waals surface area contributed by atoms with Crippen molar-refractivity contribution in [3.8, 4) is 0 Å². The van der Waals surface area contributed by atoms with Crippen molar-refractivity contribution in [3.63, 3.8) is 0 Å². The quantitative estimate of drug-likeness (QED) is 0.848. The first-order chi connectivity index (χ1) is 8.76. The molecule has 5 heteroatoms. The summed E-state index contributed by atoms with van der Waals surface area (Å²) < 4.78 is 0. The first-order valence-corrected chi connectivity index (χ1v) is 6.78. The monoisotopic (exact) mass is 247 g/mol. The number of rotatable bonds is 2. The van der Waals surface area contributed by atoms with Gasteiger partial charge in [0, 0.05) is 38.8 Å². The number of piperazine rings is 1. The van der Waals surface area contributed by atoms with E-state index in [1.165, 1.54) is 25.9 Å². The van der Waals surface area contributed by atoms with Gasteiger partial charge in [0.05, 0.1) is 0 Å². The fraction of sp³-hybridized carbons (Fsp3) is 0.692. The lowest BCUT2D eigenvalue weighted by atomic mass is 10.1. The minimum absolute atomic E-state index is 0.729. The Balaban J connectivity index is 1.80. The first kappa shape index (κ1) is 11.7. The number of nitrogens with one attached hydrogen (secondary N) is 1. The Morgan fingerprint density at radius 3 is 3.00 bits per heavy atom. The van der Waals surface area contributed by atoms with Crippen LogP contribution in [-0.4, -0.2) is 54.1 Å². The van der Waals surface area contributed by atoms with Crippen LogP contribution < -0.4 is 10.2 Å². The Morgan fingerprint density at radius 2 is 2.17 bits per heavy atom. The van der Waals surface area contributed by atoms with Crippen molar-refractivity contribution >= 4 is 11.6 Å². The van der Waals surface area contributed by atoms with Gasteiger partial charge in [-0.15, -0.1) is 0 Å². The van der Waals surface area contributed by atoms with Crippen LogP contribution in [0.5, 0.6) is 0 Å². The Kier molecular flexibility index (Phi) is 3.07. The van der Waals surface area contributed by atoms with Crippen molar-refractivity contribution in [3.05, 3.63) is 11.9 Å². The molecule has 0 radical (unpaired) electrons. The smallest absolute Gasteiger partial charge is 0.134 e. The van der Waals surface area contributed by atoms with Crippen molar-refractivity contribution in [1.82, 2.24) is 14.9 Å². The largest absolute Gasteiger partial charge is 0.373 e. The van der Waals surface area contributed by atoms with E-state index in [1.54, 1.807) is 0 Å². The van der Waals surface area contributed by atoms with E-state index in [0.29, 0.717) is 0 Å². The van der Waals surface area contributed by atoms with Crippen LogP contribution in [0.1, 0.15) is 18.7 Å². The van der Waals surface area contributed by atoms with Gasteiger partial charge in [0.2, 0.25) is 0 Å². The van der Waals surface area contributed by atoms with E-state index in [4.69, 9.17) is 0 Å². The summed E-state index contributed by atoms with van der Waals surface area (Å²) in [6.07, 6.45) is 2.68. The molecule has 0 amide bonds. The third-order valence-electron chi connectivity index (χ3n) is 3.99. The highest BCUT2D eigenvalue weighted by atomic mass is 15.3. The van der Waals surface area contributed by atoms with Gasteiger partial charge in [0.25, 0.3) is 0 Å². The normalized spacial score (nSPS) is 24.1. The summed E-state index contributed by atoms with van der Waals surface area (Å²) in [7, 11) is 1.90. The molecule has 0 spiro atoms. The van der Waals surface area contributed by atoms with Gasteiger partial charge < -0.3 is 10.2 Å². The number of anilines is 2. The molecule has 98 valence electrons. The van der Waals surface area contributed by atoms with Crippen LogP contribution in [0.15, 0.2) is 6.07 Å². The van der Waals surface area contributed by atoms with Crippen LogP contribution >= 0.6 is 0 Å². The lowest BCUT2D eigenvalue weighted by molar-refractivity contribution is 0.230. The molecule has 18 heavy (non-hydrogen) atoms. The zero-order valence-corrected chi connectivity index (χ0v) is 11.2. The molecule has 2 aliphatic rings. The van der Waals surface area contributed by atoms with Crippen molar-refractivity contribution < 1.29 is 0 Å². The lowest BCUT2D eigenvalue weighted by Crippen LogP contribution is -2.50. The predicted molar refractivity (Wildman–Crippen MR) is 73.1 cm³/mol. The summed E-state index contributed by atoms with van der Waals surface area (Å²) in [6.45, 7) is 6.59. The third kappa shape index (κ3) is 2.14. The molecule has 0 aliphatic carbocycles. The third-order valence-corrected chi connectivity index (χ3v) is 3.99. The second-order valence-electron chi connectivity index (χ2n) is 5.19. The highest BCUT2D eigenvalue weighted by Gasteiger charge is 2.31. The van der Waals surface area contributed by atoms with Crippen LogP contribution in [0.2, 0.25) is 0 Å². The van der Waals surface area contributed by atoms with Gasteiger partial charge in [-0.3, -0.25) is 4.90 Å². The number of fused-ring (bicyclic) bond motifs is 1. The van der Waals surface area contributed by atoms with E-state index >= 15 is 0 Å². The molecule has 3 rings (SSSR count). The fourth-order valence-electron chi connectivity index (χ4n) is 3.04. The summed E-state index contributed by atoms with van der Waals surface area (Å²) in [4.78, 5) is 13.9. The van der Waals surface area contributed by atoms with Gasteiger partial charge >= 0.3 is 0 Å². The van der Waals surface area contributed by atoms with Gasteiger partial charge in [-0.1, -0.05) is 0 Å². The van der Waals surface area contributed by atoms with E-state index in [1.807, 2.05) is 14.0 Å². The minimum atomic E-state index is 0.729. The molecular weight excluding hydrogens is 226 g/mol. The van der Waals surface area contributed by atoms with Crippen molar-refractivity contribution in [2.75, 3.05) is 43.4 Å². The Bertz CT molecular complexity index is 433. The standard InChI is InChI=1S/C13H21N5/c1-10-15-12(14-2)8-13(16-10)18-7-6-17-5-3-4-11(17)9-18/h8,11H,3-7,9H2,1-2H3,(H,14,15,16). The van der Waals surface area contributed by atoms with Crippen LogP contribution in [0, 0.1) is 6.92 Å². The van der Waals surface area contributed by atoms with E-state index < -0.39 is 0 Å². The van der Waals surface area contributed by atoms with E-state index in [9.17, 15) is 0 Å². The van der Waals surface area contributed by atoms with Crippen molar-refractivity contribution in [1.29, 1.82) is 0 Å². The van der Waals surface area contributed by atoms with Gasteiger partial charge in [-0.25, -0.2) is 9.97 Å². The minimum Gasteiger partial charge on any atom is -0.373 e. The molecule has 1 N–H and O–H groups in total. The second-order valence-corrected chi connectivity index (χ2v) is 5.19. The predicted octanol–water partition coefficient (Wildman–Crippen LogP) is 1.11. The molecule has 1 aromatic rings. The molecule has 1 aromatic heterocycles. The maximum absolute atomic E-state index is 4.58. The van der Waals surface area contributed by atoms with Crippen molar-refractivity contribution in [2.45, 2.75) is 25.8 Å². The number of hydrogen-bond donors (Lipinski definition) is 1. The van der Waals surface area contributed by atoms with Crippen LogP contribution in [0.4, 0.5) is 11.6 Å². The molecule has 2 aliphatic heterocycles. The fourth-order valence-corrected chi connectivity index (χ4v) is 3.04. The Morgan fingerprint density at radius 1 is 1.28 bits per heavy atom. The Hall–Kier alpha value is -1.36. The molecule has 3 heterocycles. The maximum atomic E-state index is 4.58. The molecule has 2 saturated heterocycles. The topological polar surface area (TPSA) is 44.3 Å². The van der Waals surface area contributed by atoms with E-state index in [2.05, 4.69) is 31.2 Å².